The molecule has 25 heavy (non-hydrogen) atoms. The van der Waals surface area contributed by atoms with Crippen LogP contribution in [0.3, 0.4) is 0 Å². The molecule has 2 fully saturated rings. The number of hydrogen-bond donors (Lipinski definition) is 2. The summed E-state index contributed by atoms with van der Waals surface area (Å²) in [5.41, 5.74) is 1.21. The van der Waals surface area contributed by atoms with Crippen molar-refractivity contribution < 1.29 is 10.0 Å². The molecule has 1 aliphatic heterocycles. The van der Waals surface area contributed by atoms with Gasteiger partial charge in [0.05, 0.1) is 11.0 Å². The number of non-ortho nitro benzene ring substituents is 1. The number of nitrogens with zero attached hydrogens (tertiary/aromatic N) is 2. The molecule has 0 aromatic heterocycles. The second-order valence-electron chi connectivity index (χ2n) is 7.47. The van der Waals surface area contributed by atoms with Crippen LogP contribution < -0.4 is 5.32 Å². The number of benzene rings is 1. The lowest BCUT2D eigenvalue weighted by atomic mass is 9.89. The van der Waals surface area contributed by atoms with Gasteiger partial charge in [0.25, 0.3) is 5.69 Å². The van der Waals surface area contributed by atoms with Gasteiger partial charge in [-0.2, -0.15) is 0 Å². The highest BCUT2D eigenvalue weighted by molar-refractivity contribution is 5.34. The van der Waals surface area contributed by atoms with Crippen LogP contribution in [-0.2, 0) is 0 Å². The predicted molar refractivity (Wildman–Crippen MR) is 97.5 cm³/mol. The van der Waals surface area contributed by atoms with E-state index >= 15 is 0 Å². The fourth-order valence-electron chi connectivity index (χ4n) is 4.25. The molecule has 1 saturated carbocycles. The Kier molecular flexibility index (Phi) is 6.04. The Morgan fingerprint density at radius 1 is 1.16 bits per heavy atom. The minimum atomic E-state index is -0.364. The van der Waals surface area contributed by atoms with Gasteiger partial charge >= 0.3 is 0 Å². The summed E-state index contributed by atoms with van der Waals surface area (Å²) in [6.07, 6.45) is 6.47. The van der Waals surface area contributed by atoms with Crippen molar-refractivity contribution >= 4 is 5.69 Å². The first kappa shape index (κ1) is 18.3. The molecule has 0 radical (unpaired) electrons. The number of nitro benzene ring substituents is 1. The standard InChI is InChI=1S/C19H29N3O3/c1-14(15-6-8-17(9-7-15)22(24)25)20-16-10-12-21(13-11-16)18-4-2-3-5-19(18)23/h6-9,14,16,18-20,23H,2-5,10-13H2,1H3. The Labute approximate surface area is 149 Å². The van der Waals surface area contributed by atoms with Crippen LogP contribution in [0.1, 0.15) is 57.1 Å². The van der Waals surface area contributed by atoms with Gasteiger partial charge in [0, 0.05) is 43.3 Å². The Morgan fingerprint density at radius 3 is 2.40 bits per heavy atom. The molecule has 6 nitrogen and oxygen atoms in total. The molecule has 2 N–H and O–H groups in total. The van der Waals surface area contributed by atoms with E-state index in [0.717, 1.165) is 50.8 Å². The number of nitro groups is 1. The molecule has 3 rings (SSSR count). The fraction of sp³-hybridized carbons (Fsp3) is 0.684. The van der Waals surface area contributed by atoms with Gasteiger partial charge in [-0.15, -0.1) is 0 Å². The first-order chi connectivity index (χ1) is 12.0. The predicted octanol–water partition coefficient (Wildman–Crippen LogP) is 3.01. The minimum Gasteiger partial charge on any atom is -0.391 e. The van der Waals surface area contributed by atoms with E-state index in [0.29, 0.717) is 12.1 Å². The molecule has 1 aromatic rings. The lowest BCUT2D eigenvalue weighted by Crippen LogP contribution is -2.51. The van der Waals surface area contributed by atoms with E-state index in [2.05, 4.69) is 17.1 Å². The lowest BCUT2D eigenvalue weighted by Gasteiger charge is -2.42. The maximum Gasteiger partial charge on any atom is 0.269 e. The van der Waals surface area contributed by atoms with E-state index in [9.17, 15) is 15.2 Å². The summed E-state index contributed by atoms with van der Waals surface area (Å²) in [7, 11) is 0. The van der Waals surface area contributed by atoms with Crippen molar-refractivity contribution in [1.29, 1.82) is 0 Å². The Balaban J connectivity index is 1.49. The number of piperidine rings is 1. The smallest absolute Gasteiger partial charge is 0.269 e. The van der Waals surface area contributed by atoms with Gasteiger partial charge in [-0.05, 0) is 38.2 Å². The Hall–Kier alpha value is -1.50. The maximum atomic E-state index is 10.8. The van der Waals surface area contributed by atoms with E-state index < -0.39 is 0 Å². The van der Waals surface area contributed by atoms with Gasteiger partial charge in [-0.25, -0.2) is 0 Å². The van der Waals surface area contributed by atoms with Gasteiger partial charge in [-0.3, -0.25) is 15.0 Å². The Bertz CT molecular complexity index is 570. The van der Waals surface area contributed by atoms with E-state index in [-0.39, 0.29) is 22.8 Å². The topological polar surface area (TPSA) is 78.6 Å². The molecule has 3 unspecified atom stereocenters. The molecule has 0 bridgehead atoms. The third-order valence-corrected chi connectivity index (χ3v) is 5.78. The first-order valence-electron chi connectivity index (χ1n) is 9.47. The largest absolute Gasteiger partial charge is 0.391 e. The van der Waals surface area contributed by atoms with Crippen LogP contribution in [0.5, 0.6) is 0 Å². The summed E-state index contributed by atoms with van der Waals surface area (Å²) >= 11 is 0. The summed E-state index contributed by atoms with van der Waals surface area (Å²) in [5, 5.41) is 24.6. The number of rotatable bonds is 5. The van der Waals surface area contributed by atoms with Crippen LogP contribution in [0.25, 0.3) is 0 Å². The monoisotopic (exact) mass is 347 g/mol. The zero-order valence-corrected chi connectivity index (χ0v) is 14.9. The maximum absolute atomic E-state index is 10.8. The van der Waals surface area contributed by atoms with Gasteiger partial charge in [0.2, 0.25) is 0 Å². The number of aliphatic hydroxyl groups excluding tert-OH is 1. The molecule has 0 spiro atoms. The number of hydrogen-bond acceptors (Lipinski definition) is 5. The molecular weight excluding hydrogens is 318 g/mol. The molecular formula is C19H29N3O3. The molecule has 1 saturated heterocycles. The summed E-state index contributed by atoms with van der Waals surface area (Å²) in [5.74, 6) is 0. The van der Waals surface area contributed by atoms with Gasteiger partial charge < -0.3 is 10.4 Å². The molecule has 6 heteroatoms. The summed E-state index contributed by atoms with van der Waals surface area (Å²) in [6.45, 7) is 4.18. The summed E-state index contributed by atoms with van der Waals surface area (Å²) in [4.78, 5) is 12.9. The van der Waals surface area contributed by atoms with Crippen LogP contribution in [0.2, 0.25) is 0 Å². The van der Waals surface area contributed by atoms with Crippen LogP contribution in [0, 0.1) is 10.1 Å². The van der Waals surface area contributed by atoms with Crippen molar-refractivity contribution in [2.45, 2.75) is 69.7 Å². The zero-order chi connectivity index (χ0) is 17.8. The van der Waals surface area contributed by atoms with Crippen molar-refractivity contribution in [3.8, 4) is 0 Å². The van der Waals surface area contributed by atoms with Crippen molar-refractivity contribution in [3.05, 3.63) is 39.9 Å². The normalized spacial score (nSPS) is 27.1. The van der Waals surface area contributed by atoms with Crippen LogP contribution >= 0.6 is 0 Å². The Morgan fingerprint density at radius 2 is 1.80 bits per heavy atom. The van der Waals surface area contributed by atoms with Crippen molar-refractivity contribution in [3.63, 3.8) is 0 Å². The second kappa shape index (κ2) is 8.25. The molecule has 3 atom stereocenters. The van der Waals surface area contributed by atoms with E-state index in [1.54, 1.807) is 12.1 Å². The molecule has 0 amide bonds. The van der Waals surface area contributed by atoms with Crippen molar-refractivity contribution in [2.24, 2.45) is 0 Å². The average molecular weight is 347 g/mol. The van der Waals surface area contributed by atoms with E-state index in [4.69, 9.17) is 0 Å². The first-order valence-corrected chi connectivity index (χ1v) is 9.47. The van der Waals surface area contributed by atoms with Gasteiger partial charge in [-0.1, -0.05) is 25.0 Å². The quantitative estimate of drug-likeness (QED) is 0.632. The summed E-state index contributed by atoms with van der Waals surface area (Å²) < 4.78 is 0. The molecule has 2 aliphatic rings. The van der Waals surface area contributed by atoms with E-state index in [1.165, 1.54) is 6.42 Å². The second-order valence-corrected chi connectivity index (χ2v) is 7.47. The fourth-order valence-corrected chi connectivity index (χ4v) is 4.25. The van der Waals surface area contributed by atoms with Crippen LogP contribution in [0.15, 0.2) is 24.3 Å². The highest BCUT2D eigenvalue weighted by atomic mass is 16.6. The molecule has 1 heterocycles. The number of likely N-dealkylation sites (tertiary alicyclic amines) is 1. The van der Waals surface area contributed by atoms with E-state index in [1.807, 2.05) is 12.1 Å². The number of nitrogens with one attached hydrogen (secondary N) is 1. The number of aliphatic hydroxyl groups is 1. The third kappa shape index (κ3) is 4.57. The molecule has 1 aromatic carbocycles. The molecule has 138 valence electrons. The average Bonchev–Trinajstić information content (AvgIpc) is 2.63. The zero-order valence-electron chi connectivity index (χ0n) is 14.9. The third-order valence-electron chi connectivity index (χ3n) is 5.78. The minimum absolute atomic E-state index is 0.135. The summed E-state index contributed by atoms with van der Waals surface area (Å²) in [6, 6.07) is 7.80. The van der Waals surface area contributed by atoms with Crippen LogP contribution in [0.4, 0.5) is 5.69 Å². The highest BCUT2D eigenvalue weighted by Gasteiger charge is 2.31. The highest BCUT2D eigenvalue weighted by Crippen LogP contribution is 2.27. The van der Waals surface area contributed by atoms with Gasteiger partial charge in [0.1, 0.15) is 0 Å². The lowest BCUT2D eigenvalue weighted by molar-refractivity contribution is -0.384. The molecule has 1 aliphatic carbocycles. The van der Waals surface area contributed by atoms with Gasteiger partial charge in [0.15, 0.2) is 0 Å². The SMILES string of the molecule is CC(NC1CCN(C2CCCCC2O)CC1)c1ccc([N+](=O)[O-])cc1. The van der Waals surface area contributed by atoms with Crippen LogP contribution in [-0.4, -0.2) is 46.2 Å². The van der Waals surface area contributed by atoms with Crippen molar-refractivity contribution in [2.75, 3.05) is 13.1 Å². The van der Waals surface area contributed by atoms with Crippen molar-refractivity contribution in [1.82, 2.24) is 10.2 Å².